The topological polar surface area (TPSA) is 93.9 Å². The van der Waals surface area contributed by atoms with Gasteiger partial charge in [-0.2, -0.15) is 0 Å². The van der Waals surface area contributed by atoms with E-state index in [4.69, 9.17) is 9.15 Å². The van der Waals surface area contributed by atoms with Crippen molar-refractivity contribution in [1.82, 2.24) is 4.90 Å². The van der Waals surface area contributed by atoms with Gasteiger partial charge in [0.2, 0.25) is 11.8 Å². The van der Waals surface area contributed by atoms with Crippen LogP contribution in [-0.4, -0.2) is 29.2 Å². The molecule has 2 atom stereocenters. The Morgan fingerprint density at radius 2 is 1.66 bits per heavy atom. The fraction of sp³-hybridized carbons (Fsp3) is 0.364. The van der Waals surface area contributed by atoms with Crippen LogP contribution in [0.2, 0.25) is 0 Å². The zero-order valence-corrected chi connectivity index (χ0v) is 16.3. The van der Waals surface area contributed by atoms with Gasteiger partial charge in [0.05, 0.1) is 11.8 Å². The number of esters is 1. The molecule has 7 nitrogen and oxygen atoms in total. The predicted octanol–water partition coefficient (Wildman–Crippen LogP) is 2.40. The number of hydrogen-bond donors (Lipinski definition) is 0. The summed E-state index contributed by atoms with van der Waals surface area (Å²) in [6.07, 6.45) is 4.82. The molecule has 1 aliphatic carbocycles. The number of carbonyl (C=O) groups is 3. The van der Waals surface area contributed by atoms with E-state index in [0.29, 0.717) is 29.4 Å². The molecule has 1 fully saturated rings. The zero-order valence-electron chi connectivity index (χ0n) is 16.3. The Kier molecular flexibility index (Phi) is 4.82. The van der Waals surface area contributed by atoms with Crippen molar-refractivity contribution in [1.29, 1.82) is 0 Å². The van der Waals surface area contributed by atoms with Crippen molar-refractivity contribution in [3.8, 4) is 0 Å². The molecular weight excluding hydrogens is 374 g/mol. The minimum Gasteiger partial charge on any atom is -0.459 e. The SMILES string of the molecule is Cc1cc2oc(=O)cc(COC(=O)CN3C(=O)[C@@H]4CC=CC[C@H]4C3=O)c2cc1C. The van der Waals surface area contributed by atoms with E-state index in [-0.39, 0.29) is 30.3 Å². The van der Waals surface area contributed by atoms with E-state index < -0.39 is 18.1 Å². The summed E-state index contributed by atoms with van der Waals surface area (Å²) in [6.45, 7) is 3.30. The molecule has 2 aromatic rings. The van der Waals surface area contributed by atoms with E-state index >= 15 is 0 Å². The largest absolute Gasteiger partial charge is 0.459 e. The van der Waals surface area contributed by atoms with E-state index in [9.17, 15) is 19.2 Å². The summed E-state index contributed by atoms with van der Waals surface area (Å²) >= 11 is 0. The summed E-state index contributed by atoms with van der Waals surface area (Å²) in [6, 6.07) is 4.94. The lowest BCUT2D eigenvalue weighted by Gasteiger charge is -2.14. The number of amides is 2. The van der Waals surface area contributed by atoms with Crippen LogP contribution >= 0.6 is 0 Å². The molecule has 150 valence electrons. The molecule has 0 saturated carbocycles. The Morgan fingerprint density at radius 1 is 1.03 bits per heavy atom. The summed E-state index contributed by atoms with van der Waals surface area (Å²) in [5, 5.41) is 0.686. The molecule has 0 radical (unpaired) electrons. The number of fused-ring (bicyclic) bond motifs is 2. The quantitative estimate of drug-likeness (QED) is 0.342. The average molecular weight is 395 g/mol. The Balaban J connectivity index is 1.48. The summed E-state index contributed by atoms with van der Waals surface area (Å²) < 4.78 is 10.5. The second-order valence-corrected chi connectivity index (χ2v) is 7.60. The molecule has 1 aliphatic heterocycles. The molecule has 2 heterocycles. The van der Waals surface area contributed by atoms with Gasteiger partial charge in [0.1, 0.15) is 18.7 Å². The smallest absolute Gasteiger partial charge is 0.336 e. The van der Waals surface area contributed by atoms with Gasteiger partial charge in [-0.1, -0.05) is 12.2 Å². The lowest BCUT2D eigenvalue weighted by molar-refractivity contribution is -0.153. The lowest BCUT2D eigenvalue weighted by atomic mass is 9.85. The number of likely N-dealkylation sites (tertiary alicyclic amines) is 1. The van der Waals surface area contributed by atoms with Crippen molar-refractivity contribution in [3.05, 3.63) is 57.5 Å². The summed E-state index contributed by atoms with van der Waals surface area (Å²) in [7, 11) is 0. The van der Waals surface area contributed by atoms with Crippen molar-refractivity contribution in [2.45, 2.75) is 33.3 Å². The van der Waals surface area contributed by atoms with E-state index in [0.717, 1.165) is 16.0 Å². The number of allylic oxidation sites excluding steroid dienone is 2. The van der Waals surface area contributed by atoms with E-state index in [1.54, 1.807) is 6.07 Å². The number of ether oxygens (including phenoxy) is 1. The average Bonchev–Trinajstić information content (AvgIpc) is 2.93. The van der Waals surface area contributed by atoms with Crippen molar-refractivity contribution in [2.24, 2.45) is 11.8 Å². The van der Waals surface area contributed by atoms with Crippen molar-refractivity contribution in [3.63, 3.8) is 0 Å². The van der Waals surface area contributed by atoms with Crippen LogP contribution in [0.4, 0.5) is 0 Å². The normalized spacial score (nSPS) is 21.0. The summed E-state index contributed by atoms with van der Waals surface area (Å²) in [4.78, 5) is 50.1. The molecule has 0 N–H and O–H groups in total. The molecule has 7 heteroatoms. The van der Waals surface area contributed by atoms with Crippen LogP contribution in [-0.2, 0) is 25.7 Å². The van der Waals surface area contributed by atoms with Gasteiger partial charge in [-0.05, 0) is 49.9 Å². The third-order valence-corrected chi connectivity index (χ3v) is 5.72. The van der Waals surface area contributed by atoms with Gasteiger partial charge in [-0.25, -0.2) is 4.79 Å². The first-order valence-corrected chi connectivity index (χ1v) is 9.55. The van der Waals surface area contributed by atoms with E-state index in [2.05, 4.69) is 0 Å². The zero-order chi connectivity index (χ0) is 20.7. The van der Waals surface area contributed by atoms with Gasteiger partial charge in [-0.15, -0.1) is 0 Å². The number of nitrogens with zero attached hydrogens (tertiary/aromatic N) is 1. The number of aryl methyl sites for hydroxylation is 2. The second kappa shape index (κ2) is 7.31. The molecular formula is C22H21NO6. The Bertz CT molecular complexity index is 1090. The van der Waals surface area contributed by atoms with Gasteiger partial charge in [0.25, 0.3) is 0 Å². The van der Waals surface area contributed by atoms with Crippen molar-refractivity contribution in [2.75, 3.05) is 6.54 Å². The van der Waals surface area contributed by atoms with Gasteiger partial charge in [0.15, 0.2) is 0 Å². The van der Waals surface area contributed by atoms with Gasteiger partial charge in [0, 0.05) is 17.0 Å². The third-order valence-electron chi connectivity index (χ3n) is 5.72. The Labute approximate surface area is 166 Å². The van der Waals surface area contributed by atoms with Crippen LogP contribution in [0.25, 0.3) is 11.0 Å². The maximum atomic E-state index is 12.5. The molecule has 29 heavy (non-hydrogen) atoms. The van der Waals surface area contributed by atoms with E-state index in [1.165, 1.54) is 6.07 Å². The number of imide groups is 1. The minimum absolute atomic E-state index is 0.145. The number of carbonyl (C=O) groups excluding carboxylic acids is 3. The van der Waals surface area contributed by atoms with Crippen LogP contribution in [0.3, 0.4) is 0 Å². The summed E-state index contributed by atoms with van der Waals surface area (Å²) in [5.74, 6) is -2.09. The van der Waals surface area contributed by atoms with Crippen molar-refractivity contribution >= 4 is 28.8 Å². The number of benzene rings is 1. The highest BCUT2D eigenvalue weighted by molar-refractivity contribution is 6.07. The molecule has 2 aliphatic rings. The first-order chi connectivity index (χ1) is 13.8. The highest BCUT2D eigenvalue weighted by atomic mass is 16.5. The highest BCUT2D eigenvalue weighted by Gasteiger charge is 2.47. The third kappa shape index (κ3) is 3.48. The fourth-order valence-corrected chi connectivity index (χ4v) is 3.96. The van der Waals surface area contributed by atoms with Gasteiger partial charge < -0.3 is 9.15 Å². The fourth-order valence-electron chi connectivity index (χ4n) is 3.96. The molecule has 4 rings (SSSR count). The maximum Gasteiger partial charge on any atom is 0.336 e. The van der Waals surface area contributed by atoms with Crippen molar-refractivity contribution < 1.29 is 23.5 Å². The Hall–Kier alpha value is -3.22. The molecule has 1 aromatic heterocycles. The molecule has 2 amide bonds. The molecule has 0 spiro atoms. The predicted molar refractivity (Wildman–Crippen MR) is 104 cm³/mol. The minimum atomic E-state index is -0.691. The molecule has 0 unspecified atom stereocenters. The van der Waals surface area contributed by atoms with Crippen LogP contribution in [0.5, 0.6) is 0 Å². The van der Waals surface area contributed by atoms with Crippen LogP contribution in [0.15, 0.2) is 39.6 Å². The van der Waals surface area contributed by atoms with Gasteiger partial charge >= 0.3 is 11.6 Å². The standard InChI is InChI=1S/C22H21NO6/c1-12-7-17-14(9-19(24)29-18(17)8-13(12)2)11-28-20(25)10-23-21(26)15-5-3-4-6-16(15)22(23)27/h3-4,7-9,15-16H,5-6,10-11H2,1-2H3/t15-,16-/m1/s1. The summed E-state index contributed by atoms with van der Waals surface area (Å²) in [5.41, 5.74) is 2.41. The first kappa shape index (κ1) is 19.1. The molecule has 0 bridgehead atoms. The maximum absolute atomic E-state index is 12.5. The lowest BCUT2D eigenvalue weighted by Crippen LogP contribution is -2.36. The van der Waals surface area contributed by atoms with E-state index in [1.807, 2.05) is 32.1 Å². The van der Waals surface area contributed by atoms with Crippen LogP contribution < -0.4 is 5.63 Å². The Morgan fingerprint density at radius 3 is 2.31 bits per heavy atom. The van der Waals surface area contributed by atoms with Crippen LogP contribution in [0.1, 0.15) is 29.5 Å². The van der Waals surface area contributed by atoms with Crippen LogP contribution in [0, 0.1) is 25.7 Å². The van der Waals surface area contributed by atoms with Gasteiger partial charge in [-0.3, -0.25) is 19.3 Å². The monoisotopic (exact) mass is 395 g/mol. The highest BCUT2D eigenvalue weighted by Crippen LogP contribution is 2.34. The number of hydrogen-bond acceptors (Lipinski definition) is 6. The molecule has 1 saturated heterocycles. The molecule has 1 aromatic carbocycles. The number of rotatable bonds is 4. The first-order valence-electron chi connectivity index (χ1n) is 9.55. The second-order valence-electron chi connectivity index (χ2n) is 7.60.